The molecule has 0 spiro atoms. The minimum absolute atomic E-state index is 0.0674. The molecule has 33 heavy (non-hydrogen) atoms. The summed E-state index contributed by atoms with van der Waals surface area (Å²) in [5.41, 5.74) is 0.166. The van der Waals surface area contributed by atoms with Crippen LogP contribution >= 0.6 is 23.4 Å². The van der Waals surface area contributed by atoms with Crippen molar-refractivity contribution in [1.82, 2.24) is 10.3 Å². The summed E-state index contributed by atoms with van der Waals surface area (Å²) in [5.74, 6) is 0.769. The maximum Gasteiger partial charge on any atom is 0.230 e. The van der Waals surface area contributed by atoms with Crippen LogP contribution in [-0.2, 0) is 4.79 Å². The van der Waals surface area contributed by atoms with Crippen LogP contribution in [0.2, 0.25) is 0 Å². The number of hydrogen-bond acceptors (Lipinski definition) is 5. The number of rotatable bonds is 11. The third-order valence-electron chi connectivity index (χ3n) is 5.85. The van der Waals surface area contributed by atoms with E-state index in [0.29, 0.717) is 24.5 Å². The highest BCUT2D eigenvalue weighted by molar-refractivity contribution is 7.98. The number of alkyl halides is 1. The van der Waals surface area contributed by atoms with E-state index in [0.717, 1.165) is 49.6 Å². The number of nitrogens with zero attached hydrogens (tertiary/aromatic N) is 1. The topological polar surface area (TPSA) is 68.3 Å². The molecule has 5 nitrogen and oxygen atoms in total. The van der Waals surface area contributed by atoms with Gasteiger partial charge in [0.15, 0.2) is 5.78 Å². The molecule has 8 heteroatoms. The van der Waals surface area contributed by atoms with Gasteiger partial charge in [-0.15, -0.1) is 23.4 Å². The van der Waals surface area contributed by atoms with Crippen molar-refractivity contribution in [2.45, 2.75) is 62.3 Å². The van der Waals surface area contributed by atoms with Crippen molar-refractivity contribution in [3.05, 3.63) is 47.9 Å². The molecular weight excluding hydrogens is 463 g/mol. The average molecular weight is 493 g/mol. The van der Waals surface area contributed by atoms with Gasteiger partial charge >= 0.3 is 0 Å². The van der Waals surface area contributed by atoms with Gasteiger partial charge in [0.05, 0.1) is 11.8 Å². The Hall–Kier alpha value is -2.12. The number of hydrogen-bond donors (Lipinski definition) is 1. The van der Waals surface area contributed by atoms with E-state index >= 15 is 0 Å². The van der Waals surface area contributed by atoms with Crippen LogP contribution in [0.15, 0.2) is 41.4 Å². The monoisotopic (exact) mass is 492 g/mol. The first-order chi connectivity index (χ1) is 16.0. The van der Waals surface area contributed by atoms with Crippen molar-refractivity contribution in [1.29, 1.82) is 0 Å². The molecule has 1 N–H and O–H groups in total. The minimum atomic E-state index is -0.566. The van der Waals surface area contributed by atoms with Gasteiger partial charge in [0, 0.05) is 29.7 Å². The predicted molar refractivity (Wildman–Crippen MR) is 130 cm³/mol. The van der Waals surface area contributed by atoms with Gasteiger partial charge in [-0.1, -0.05) is 6.07 Å². The zero-order chi connectivity index (χ0) is 23.6. The van der Waals surface area contributed by atoms with E-state index in [9.17, 15) is 14.0 Å². The van der Waals surface area contributed by atoms with Gasteiger partial charge in [0.1, 0.15) is 11.6 Å². The predicted octanol–water partition coefficient (Wildman–Crippen LogP) is 6.39. The summed E-state index contributed by atoms with van der Waals surface area (Å²) in [5, 5.41) is 3.09. The number of ketones is 1. The fraction of sp³-hybridized carbons (Fsp3) is 0.480. The van der Waals surface area contributed by atoms with Gasteiger partial charge < -0.3 is 10.1 Å². The maximum atomic E-state index is 13.9. The second-order valence-electron chi connectivity index (χ2n) is 8.35. The van der Waals surface area contributed by atoms with E-state index in [-0.39, 0.29) is 35.1 Å². The van der Waals surface area contributed by atoms with Crippen molar-refractivity contribution in [2.24, 2.45) is 5.92 Å². The number of amides is 1. The summed E-state index contributed by atoms with van der Waals surface area (Å²) < 4.78 is 19.8. The van der Waals surface area contributed by atoms with Gasteiger partial charge in [-0.05, 0) is 75.0 Å². The highest BCUT2D eigenvalue weighted by Gasteiger charge is 2.26. The number of halogens is 2. The summed E-state index contributed by atoms with van der Waals surface area (Å²) in [4.78, 5) is 30.1. The molecule has 1 amide bonds. The van der Waals surface area contributed by atoms with E-state index in [1.54, 1.807) is 17.8 Å². The first-order valence-corrected chi connectivity index (χ1v) is 13.1. The Kier molecular flexibility index (Phi) is 10.0. The molecule has 0 aliphatic heterocycles. The lowest BCUT2D eigenvalue weighted by atomic mass is 9.82. The molecule has 1 heterocycles. The van der Waals surface area contributed by atoms with E-state index < -0.39 is 5.82 Å². The molecule has 0 radical (unpaired) electrons. The molecule has 178 valence electrons. The molecule has 0 unspecified atom stereocenters. The fourth-order valence-electron chi connectivity index (χ4n) is 4.05. The van der Waals surface area contributed by atoms with Crippen molar-refractivity contribution in [2.75, 3.05) is 12.1 Å². The van der Waals surface area contributed by atoms with Gasteiger partial charge in [-0.3, -0.25) is 9.59 Å². The summed E-state index contributed by atoms with van der Waals surface area (Å²) in [7, 11) is 0. The van der Waals surface area contributed by atoms with Gasteiger partial charge in [0.2, 0.25) is 11.8 Å². The highest BCUT2D eigenvalue weighted by Crippen LogP contribution is 2.31. The van der Waals surface area contributed by atoms with Crippen molar-refractivity contribution in [3.8, 4) is 11.6 Å². The number of carbonyl (C=O) groups is 2. The molecule has 1 aliphatic rings. The van der Waals surface area contributed by atoms with Crippen LogP contribution in [0, 0.1) is 11.7 Å². The Balaban J connectivity index is 1.56. The maximum absolute atomic E-state index is 13.9. The molecule has 0 saturated heterocycles. The second kappa shape index (κ2) is 12.9. The molecule has 1 saturated carbocycles. The molecule has 1 aromatic heterocycles. The third-order valence-corrected chi connectivity index (χ3v) is 6.84. The summed E-state index contributed by atoms with van der Waals surface area (Å²) in [6, 6.07) is 8.81. The van der Waals surface area contributed by atoms with Crippen LogP contribution in [-0.4, -0.2) is 34.9 Å². The largest absolute Gasteiger partial charge is 0.438 e. The number of carbonyl (C=O) groups excluding carboxylic acids is 2. The molecular formula is C25H30ClFN2O3S. The number of unbranched alkanes of at least 4 members (excludes halogenated alkanes) is 1. The molecule has 0 atom stereocenters. The average Bonchev–Trinajstić information content (AvgIpc) is 2.81. The van der Waals surface area contributed by atoms with Crippen LogP contribution in [0.25, 0.3) is 0 Å². The lowest BCUT2D eigenvalue weighted by Crippen LogP contribution is -2.37. The van der Waals surface area contributed by atoms with Crippen molar-refractivity contribution in [3.63, 3.8) is 0 Å². The molecule has 2 aromatic rings. The third kappa shape index (κ3) is 8.00. The normalized spacial score (nSPS) is 18.0. The molecule has 1 aromatic carbocycles. The van der Waals surface area contributed by atoms with E-state index in [4.69, 9.17) is 16.3 Å². The van der Waals surface area contributed by atoms with E-state index in [1.165, 1.54) is 6.07 Å². The second-order valence-corrected chi connectivity index (χ2v) is 9.60. The number of pyridine rings is 1. The molecule has 1 fully saturated rings. The fourth-order valence-corrected chi connectivity index (χ4v) is 4.68. The molecule has 3 rings (SSSR count). The Morgan fingerprint density at radius 3 is 2.73 bits per heavy atom. The Morgan fingerprint density at radius 1 is 1.21 bits per heavy atom. The van der Waals surface area contributed by atoms with Crippen molar-refractivity contribution < 1.29 is 18.7 Å². The van der Waals surface area contributed by atoms with E-state index in [1.807, 2.05) is 24.5 Å². The number of ether oxygens (including phenoxy) is 1. The quantitative estimate of drug-likeness (QED) is 0.170. The van der Waals surface area contributed by atoms with Crippen LogP contribution < -0.4 is 10.1 Å². The zero-order valence-electron chi connectivity index (χ0n) is 18.8. The lowest BCUT2D eigenvalue weighted by Gasteiger charge is -2.29. The van der Waals surface area contributed by atoms with E-state index in [2.05, 4.69) is 10.3 Å². The first kappa shape index (κ1) is 25.5. The van der Waals surface area contributed by atoms with Crippen LogP contribution in [0.1, 0.15) is 61.7 Å². The number of nitrogens with one attached hydrogen (secondary N) is 1. The highest BCUT2D eigenvalue weighted by atomic mass is 35.5. The minimum Gasteiger partial charge on any atom is -0.438 e. The van der Waals surface area contributed by atoms with Gasteiger partial charge in [-0.25, -0.2) is 9.37 Å². The SMILES string of the molecule is CSc1cccc(Oc2ncc(F)cc2C(=O)CC2CCC(NC(=O)CCCCCl)CC2)c1. The summed E-state index contributed by atoms with van der Waals surface area (Å²) in [6.07, 6.45) is 8.83. The standard InChI is InChI=1S/C25H30ClFN2O3S/c1-33-21-6-4-5-20(15-21)32-25-22(14-18(27)16-28-25)23(30)13-17-8-10-19(11-9-17)29-24(31)7-2-3-12-26/h4-6,14-17,19H,2-3,7-13H2,1H3,(H,29,31). The van der Waals surface area contributed by atoms with Crippen LogP contribution in [0.3, 0.4) is 0 Å². The Labute approximate surface area is 203 Å². The zero-order valence-corrected chi connectivity index (χ0v) is 20.4. The van der Waals surface area contributed by atoms with Crippen LogP contribution in [0.4, 0.5) is 4.39 Å². The Bertz CT molecular complexity index is 951. The number of aromatic nitrogens is 1. The van der Waals surface area contributed by atoms with Crippen molar-refractivity contribution >= 4 is 35.1 Å². The smallest absolute Gasteiger partial charge is 0.230 e. The summed E-state index contributed by atoms with van der Waals surface area (Å²) >= 11 is 7.24. The number of Topliss-reactive ketones (excluding diaryl/α,β-unsaturated/α-hetero) is 1. The Morgan fingerprint density at radius 2 is 2.00 bits per heavy atom. The van der Waals surface area contributed by atoms with Gasteiger partial charge in [0.25, 0.3) is 0 Å². The molecule has 1 aliphatic carbocycles. The summed E-state index contributed by atoms with van der Waals surface area (Å²) in [6.45, 7) is 0. The lowest BCUT2D eigenvalue weighted by molar-refractivity contribution is -0.122. The number of thioether (sulfide) groups is 1. The first-order valence-electron chi connectivity index (χ1n) is 11.3. The van der Waals surface area contributed by atoms with Crippen LogP contribution in [0.5, 0.6) is 11.6 Å². The number of benzene rings is 1. The molecule has 0 bridgehead atoms. The van der Waals surface area contributed by atoms with Gasteiger partial charge in [-0.2, -0.15) is 0 Å².